The van der Waals surface area contributed by atoms with E-state index in [4.69, 9.17) is 0 Å². The van der Waals surface area contributed by atoms with Crippen LogP contribution in [0.1, 0.15) is 24.4 Å². The lowest BCUT2D eigenvalue weighted by atomic mass is 10.1. The van der Waals surface area contributed by atoms with Crippen molar-refractivity contribution in [2.24, 2.45) is 0 Å². The van der Waals surface area contributed by atoms with Crippen LogP contribution in [0.5, 0.6) is 0 Å². The average molecular weight is 260 g/mol. The van der Waals surface area contributed by atoms with Crippen molar-refractivity contribution in [1.82, 2.24) is 20.1 Å². The van der Waals surface area contributed by atoms with E-state index in [-0.39, 0.29) is 12.1 Å². The molecule has 19 heavy (non-hydrogen) atoms. The van der Waals surface area contributed by atoms with Gasteiger partial charge >= 0.3 is 6.03 Å². The summed E-state index contributed by atoms with van der Waals surface area (Å²) in [5.41, 5.74) is 1.16. The maximum atomic E-state index is 12.3. The molecule has 5 nitrogen and oxygen atoms in total. The van der Waals surface area contributed by atoms with Crippen molar-refractivity contribution in [3.63, 3.8) is 0 Å². The first kappa shape index (κ1) is 12.4. The van der Waals surface area contributed by atoms with Crippen molar-refractivity contribution in [1.29, 1.82) is 0 Å². The molecule has 2 saturated heterocycles. The number of carbonyl (C=O) groups excluding carboxylic acids is 1. The van der Waals surface area contributed by atoms with Crippen molar-refractivity contribution >= 4 is 6.03 Å². The Balaban J connectivity index is 1.70. The van der Waals surface area contributed by atoms with Crippen LogP contribution in [0.25, 0.3) is 0 Å². The lowest BCUT2D eigenvalue weighted by Gasteiger charge is -2.19. The average Bonchev–Trinajstić information content (AvgIpc) is 3.04. The van der Waals surface area contributed by atoms with Crippen LogP contribution in [0.3, 0.4) is 0 Å². The molecule has 2 aliphatic rings. The van der Waals surface area contributed by atoms with Gasteiger partial charge in [-0.05, 0) is 37.1 Å². The van der Waals surface area contributed by atoms with Gasteiger partial charge in [0.15, 0.2) is 0 Å². The fourth-order valence-corrected chi connectivity index (χ4v) is 3.01. The minimum absolute atomic E-state index is 0.135. The molecule has 102 valence electrons. The van der Waals surface area contributed by atoms with Gasteiger partial charge in [0.25, 0.3) is 0 Å². The molecule has 2 fully saturated rings. The minimum Gasteiger partial charge on any atom is -0.321 e. The Bertz CT molecular complexity index is 444. The Hall–Kier alpha value is -1.62. The molecule has 3 heterocycles. The minimum atomic E-state index is 0.135. The lowest BCUT2D eigenvalue weighted by molar-refractivity contribution is 0.192. The Morgan fingerprint density at radius 2 is 2.21 bits per heavy atom. The number of hydrogen-bond acceptors (Lipinski definition) is 3. The number of aromatic nitrogens is 1. The standard InChI is InChI=1S/C14H20N4O/c1-17-13(11-4-7-15-8-5-11)10-18(14(17)19)9-12-3-2-6-16-12/h4-5,7-8,12-13,16H,2-3,6,9-10H2,1H3. The van der Waals surface area contributed by atoms with E-state index < -0.39 is 0 Å². The van der Waals surface area contributed by atoms with Gasteiger partial charge in [0.2, 0.25) is 0 Å². The van der Waals surface area contributed by atoms with E-state index in [0.29, 0.717) is 6.04 Å². The third-order valence-corrected chi connectivity index (χ3v) is 4.13. The fourth-order valence-electron chi connectivity index (χ4n) is 3.01. The zero-order valence-corrected chi connectivity index (χ0v) is 11.2. The first-order chi connectivity index (χ1) is 9.25. The maximum absolute atomic E-state index is 12.3. The molecule has 3 rings (SSSR count). The predicted octanol–water partition coefficient (Wildman–Crippen LogP) is 1.24. The quantitative estimate of drug-likeness (QED) is 0.889. The zero-order chi connectivity index (χ0) is 13.2. The summed E-state index contributed by atoms with van der Waals surface area (Å²) >= 11 is 0. The molecule has 5 heteroatoms. The van der Waals surface area contributed by atoms with Gasteiger partial charge < -0.3 is 15.1 Å². The highest BCUT2D eigenvalue weighted by Crippen LogP contribution is 2.28. The van der Waals surface area contributed by atoms with Crippen LogP contribution in [-0.2, 0) is 0 Å². The second-order valence-electron chi connectivity index (χ2n) is 5.39. The second-order valence-corrected chi connectivity index (χ2v) is 5.39. The summed E-state index contributed by atoms with van der Waals surface area (Å²) in [6.45, 7) is 2.68. The largest absolute Gasteiger partial charge is 0.321 e. The number of carbonyl (C=O) groups is 1. The van der Waals surface area contributed by atoms with E-state index >= 15 is 0 Å². The molecular formula is C14H20N4O. The van der Waals surface area contributed by atoms with Crippen LogP contribution in [-0.4, -0.2) is 53.5 Å². The smallest absolute Gasteiger partial charge is 0.320 e. The molecule has 0 spiro atoms. The Morgan fingerprint density at radius 1 is 1.42 bits per heavy atom. The zero-order valence-electron chi connectivity index (χ0n) is 11.2. The third-order valence-electron chi connectivity index (χ3n) is 4.13. The van der Waals surface area contributed by atoms with Gasteiger partial charge in [-0.15, -0.1) is 0 Å². The molecule has 2 atom stereocenters. The molecule has 2 unspecified atom stereocenters. The molecule has 2 aliphatic heterocycles. The Kier molecular flexibility index (Phi) is 3.38. The van der Waals surface area contributed by atoms with E-state index in [0.717, 1.165) is 25.2 Å². The Morgan fingerprint density at radius 3 is 2.89 bits per heavy atom. The summed E-state index contributed by atoms with van der Waals surface area (Å²) in [7, 11) is 1.88. The summed E-state index contributed by atoms with van der Waals surface area (Å²) in [4.78, 5) is 20.1. The van der Waals surface area contributed by atoms with Gasteiger partial charge in [-0.2, -0.15) is 0 Å². The SMILES string of the molecule is CN1C(=O)N(CC2CCCN2)CC1c1ccncc1. The van der Waals surface area contributed by atoms with Crippen molar-refractivity contribution in [2.45, 2.75) is 24.9 Å². The number of nitrogens with one attached hydrogen (secondary N) is 1. The summed E-state index contributed by atoms with van der Waals surface area (Å²) in [5, 5.41) is 3.45. The van der Waals surface area contributed by atoms with Crippen molar-refractivity contribution in [3.05, 3.63) is 30.1 Å². The van der Waals surface area contributed by atoms with E-state index in [9.17, 15) is 4.79 Å². The topological polar surface area (TPSA) is 48.5 Å². The van der Waals surface area contributed by atoms with E-state index in [1.165, 1.54) is 12.8 Å². The van der Waals surface area contributed by atoms with Gasteiger partial charge in [-0.1, -0.05) is 0 Å². The number of amides is 2. The van der Waals surface area contributed by atoms with Gasteiger partial charge in [-0.3, -0.25) is 4.98 Å². The van der Waals surface area contributed by atoms with Crippen molar-refractivity contribution < 1.29 is 4.79 Å². The van der Waals surface area contributed by atoms with Gasteiger partial charge in [0, 0.05) is 38.6 Å². The molecule has 2 amide bonds. The number of rotatable bonds is 3. The van der Waals surface area contributed by atoms with Gasteiger partial charge in [0.1, 0.15) is 0 Å². The Labute approximate surface area is 113 Å². The number of pyridine rings is 1. The van der Waals surface area contributed by atoms with Crippen LogP contribution in [0.2, 0.25) is 0 Å². The van der Waals surface area contributed by atoms with E-state index in [1.54, 1.807) is 12.4 Å². The number of nitrogens with zero attached hydrogens (tertiary/aromatic N) is 3. The highest BCUT2D eigenvalue weighted by atomic mass is 16.2. The van der Waals surface area contributed by atoms with Crippen LogP contribution in [0.15, 0.2) is 24.5 Å². The van der Waals surface area contributed by atoms with Crippen molar-refractivity contribution in [3.8, 4) is 0 Å². The highest BCUT2D eigenvalue weighted by Gasteiger charge is 2.36. The molecule has 0 radical (unpaired) electrons. The summed E-state index contributed by atoms with van der Waals surface area (Å²) in [6, 6.07) is 4.73. The van der Waals surface area contributed by atoms with Crippen molar-refractivity contribution in [2.75, 3.05) is 26.7 Å². The molecule has 1 aromatic rings. The first-order valence-electron chi connectivity index (χ1n) is 6.91. The predicted molar refractivity (Wildman–Crippen MR) is 72.7 cm³/mol. The van der Waals surface area contributed by atoms with Gasteiger partial charge in [-0.25, -0.2) is 4.79 Å². The molecule has 1 aromatic heterocycles. The fraction of sp³-hybridized carbons (Fsp3) is 0.571. The first-order valence-corrected chi connectivity index (χ1v) is 6.91. The van der Waals surface area contributed by atoms with Gasteiger partial charge in [0.05, 0.1) is 6.04 Å². The van der Waals surface area contributed by atoms with Crippen LogP contribution in [0, 0.1) is 0 Å². The summed E-state index contributed by atoms with van der Waals surface area (Å²) in [5.74, 6) is 0. The van der Waals surface area contributed by atoms with E-state index in [2.05, 4.69) is 10.3 Å². The molecule has 0 bridgehead atoms. The number of urea groups is 1. The third kappa shape index (κ3) is 2.42. The van der Waals surface area contributed by atoms with Crippen LogP contribution in [0.4, 0.5) is 4.79 Å². The maximum Gasteiger partial charge on any atom is 0.320 e. The summed E-state index contributed by atoms with van der Waals surface area (Å²) < 4.78 is 0. The monoisotopic (exact) mass is 260 g/mol. The molecule has 0 saturated carbocycles. The lowest BCUT2D eigenvalue weighted by Crippen LogP contribution is -2.39. The normalized spacial score (nSPS) is 27.3. The summed E-state index contributed by atoms with van der Waals surface area (Å²) in [6.07, 6.45) is 5.97. The molecule has 1 N–H and O–H groups in total. The van der Waals surface area contributed by atoms with Crippen LogP contribution >= 0.6 is 0 Å². The van der Waals surface area contributed by atoms with E-state index in [1.807, 2.05) is 29.0 Å². The second kappa shape index (κ2) is 5.17. The molecule has 0 aliphatic carbocycles. The number of hydrogen-bond donors (Lipinski definition) is 1. The molecular weight excluding hydrogens is 240 g/mol. The highest BCUT2D eigenvalue weighted by molar-refractivity contribution is 5.77. The van der Waals surface area contributed by atoms with Crippen LogP contribution < -0.4 is 5.32 Å². The molecule has 0 aromatic carbocycles. The number of likely N-dealkylation sites (N-methyl/N-ethyl adjacent to an activating group) is 1.